The van der Waals surface area contributed by atoms with Crippen LogP contribution in [0.3, 0.4) is 0 Å². The van der Waals surface area contributed by atoms with Crippen molar-refractivity contribution in [3.8, 4) is 5.75 Å². The van der Waals surface area contributed by atoms with E-state index in [9.17, 15) is 9.90 Å². The molecular formula is C28H29N5O2. The molecule has 0 aliphatic carbocycles. The summed E-state index contributed by atoms with van der Waals surface area (Å²) in [5.74, 6) is 0.963. The van der Waals surface area contributed by atoms with Crippen LogP contribution in [-0.2, 0) is 6.54 Å². The van der Waals surface area contributed by atoms with E-state index >= 15 is 0 Å². The lowest BCUT2D eigenvalue weighted by atomic mass is 9.99. The van der Waals surface area contributed by atoms with Crippen molar-refractivity contribution in [1.82, 2.24) is 19.4 Å². The lowest BCUT2D eigenvalue weighted by molar-refractivity contribution is 0.204. The summed E-state index contributed by atoms with van der Waals surface area (Å²) in [6, 6.07) is 22.8. The molecule has 1 fully saturated rings. The molecule has 0 unspecified atom stereocenters. The van der Waals surface area contributed by atoms with Gasteiger partial charge in [0, 0.05) is 44.3 Å². The Morgan fingerprint density at radius 2 is 1.57 bits per heavy atom. The molecule has 1 aliphatic rings. The van der Waals surface area contributed by atoms with E-state index in [1.54, 1.807) is 23.0 Å². The molecule has 1 saturated heterocycles. The zero-order valence-corrected chi connectivity index (χ0v) is 19.8. The molecule has 1 aromatic carbocycles. The molecule has 5 rings (SSSR count). The van der Waals surface area contributed by atoms with Gasteiger partial charge in [0.25, 0.3) is 5.56 Å². The number of aromatic nitrogens is 3. The molecule has 178 valence electrons. The Balaban J connectivity index is 1.52. The molecule has 35 heavy (non-hydrogen) atoms. The average molecular weight is 468 g/mol. The molecule has 4 aromatic rings. The molecule has 0 amide bonds. The first-order valence-corrected chi connectivity index (χ1v) is 11.9. The Labute approximate surface area is 204 Å². The highest BCUT2D eigenvalue weighted by molar-refractivity contribution is 5.41. The first kappa shape index (κ1) is 22.8. The summed E-state index contributed by atoms with van der Waals surface area (Å²) in [5, 5.41) is 11.1. The number of rotatable bonds is 6. The summed E-state index contributed by atoms with van der Waals surface area (Å²) in [7, 11) is 0. The van der Waals surface area contributed by atoms with Gasteiger partial charge in [0.05, 0.1) is 23.8 Å². The predicted octanol–water partition coefficient (Wildman–Crippen LogP) is 3.61. The number of aromatic hydroxyl groups is 1. The van der Waals surface area contributed by atoms with Gasteiger partial charge in [-0.2, -0.15) is 0 Å². The van der Waals surface area contributed by atoms with Gasteiger partial charge in [0.1, 0.15) is 11.6 Å². The standard InChI is InChI=1S/C28H29N5O2/c1-21-19-24(34)26(28(35)33(21)20-22-9-3-2-4-10-22)27(23-11-5-7-13-29-23)32-17-15-31(16-18-32)25-12-6-8-14-30-25/h2-14,19,27,34H,15-18,20H2,1H3/t27-/m1/s1. The molecule has 0 bridgehead atoms. The maximum absolute atomic E-state index is 13.9. The van der Waals surface area contributed by atoms with Crippen LogP contribution in [0.5, 0.6) is 5.75 Å². The Morgan fingerprint density at radius 1 is 0.886 bits per heavy atom. The van der Waals surface area contributed by atoms with Crippen molar-refractivity contribution in [3.63, 3.8) is 0 Å². The Kier molecular flexibility index (Phi) is 6.59. The largest absolute Gasteiger partial charge is 0.507 e. The van der Waals surface area contributed by atoms with Gasteiger partial charge >= 0.3 is 0 Å². The molecule has 1 aliphatic heterocycles. The topological polar surface area (TPSA) is 74.5 Å². The van der Waals surface area contributed by atoms with Gasteiger partial charge < -0.3 is 14.6 Å². The van der Waals surface area contributed by atoms with Crippen LogP contribution in [0.25, 0.3) is 0 Å². The van der Waals surface area contributed by atoms with Crippen LogP contribution in [0.15, 0.2) is 90.0 Å². The Hall–Kier alpha value is -3.97. The highest BCUT2D eigenvalue weighted by atomic mass is 16.3. The van der Waals surface area contributed by atoms with Gasteiger partial charge in [0.2, 0.25) is 0 Å². The third kappa shape index (κ3) is 4.81. The summed E-state index contributed by atoms with van der Waals surface area (Å²) in [4.78, 5) is 27.4. The number of aryl methyl sites for hydroxylation is 1. The summed E-state index contributed by atoms with van der Waals surface area (Å²) >= 11 is 0. The van der Waals surface area contributed by atoms with E-state index in [4.69, 9.17) is 0 Å². The monoisotopic (exact) mass is 467 g/mol. The van der Waals surface area contributed by atoms with Crippen molar-refractivity contribution < 1.29 is 5.11 Å². The second kappa shape index (κ2) is 10.1. The second-order valence-electron chi connectivity index (χ2n) is 8.83. The molecule has 1 atom stereocenters. The minimum Gasteiger partial charge on any atom is -0.507 e. The number of pyridine rings is 3. The smallest absolute Gasteiger partial charge is 0.260 e. The van der Waals surface area contributed by atoms with Crippen molar-refractivity contribution in [3.05, 3.63) is 118 Å². The molecule has 4 heterocycles. The van der Waals surface area contributed by atoms with Crippen molar-refractivity contribution >= 4 is 5.82 Å². The number of hydrogen-bond donors (Lipinski definition) is 1. The molecule has 0 radical (unpaired) electrons. The van der Waals surface area contributed by atoms with Crippen molar-refractivity contribution in [2.75, 3.05) is 31.1 Å². The number of piperazine rings is 1. The molecule has 0 saturated carbocycles. The minimum atomic E-state index is -0.447. The molecule has 7 nitrogen and oxygen atoms in total. The molecule has 7 heteroatoms. The van der Waals surface area contributed by atoms with E-state index in [1.165, 1.54) is 0 Å². The van der Waals surface area contributed by atoms with E-state index in [-0.39, 0.29) is 11.3 Å². The molecular weight excluding hydrogens is 438 g/mol. The first-order chi connectivity index (χ1) is 17.1. The third-order valence-corrected chi connectivity index (χ3v) is 6.60. The van der Waals surface area contributed by atoms with Gasteiger partial charge in [-0.05, 0) is 42.8 Å². The summed E-state index contributed by atoms with van der Waals surface area (Å²) in [6.45, 7) is 5.26. The van der Waals surface area contributed by atoms with E-state index < -0.39 is 6.04 Å². The lowest BCUT2D eigenvalue weighted by Gasteiger charge is -2.39. The van der Waals surface area contributed by atoms with E-state index in [2.05, 4.69) is 19.8 Å². The lowest BCUT2D eigenvalue weighted by Crippen LogP contribution is -2.49. The number of anilines is 1. The summed E-state index contributed by atoms with van der Waals surface area (Å²) < 4.78 is 1.74. The van der Waals surface area contributed by atoms with Crippen LogP contribution >= 0.6 is 0 Å². The van der Waals surface area contributed by atoms with Gasteiger partial charge in [-0.25, -0.2) is 4.98 Å². The fourth-order valence-electron chi connectivity index (χ4n) is 4.79. The maximum atomic E-state index is 13.9. The minimum absolute atomic E-state index is 0.0135. The number of benzene rings is 1. The quantitative estimate of drug-likeness (QED) is 0.467. The summed E-state index contributed by atoms with van der Waals surface area (Å²) in [5.41, 5.74) is 2.69. The zero-order chi connectivity index (χ0) is 24.2. The van der Waals surface area contributed by atoms with Crippen LogP contribution in [0.2, 0.25) is 0 Å². The maximum Gasteiger partial charge on any atom is 0.260 e. The number of nitrogens with zero attached hydrogens (tertiary/aromatic N) is 5. The fourth-order valence-corrected chi connectivity index (χ4v) is 4.79. The normalized spacial score (nSPS) is 15.2. The van der Waals surface area contributed by atoms with Crippen LogP contribution in [0.4, 0.5) is 5.82 Å². The number of hydrogen-bond acceptors (Lipinski definition) is 6. The fraction of sp³-hybridized carbons (Fsp3) is 0.250. The SMILES string of the molecule is Cc1cc(O)c([C@@H](c2ccccn2)N2CCN(c3ccccn3)CC2)c(=O)n1Cc1ccccc1. The van der Waals surface area contributed by atoms with Crippen LogP contribution in [-0.4, -0.2) is 50.7 Å². The van der Waals surface area contributed by atoms with E-state index in [1.807, 2.05) is 73.7 Å². The van der Waals surface area contributed by atoms with Crippen molar-refractivity contribution in [2.24, 2.45) is 0 Å². The van der Waals surface area contributed by atoms with Crippen LogP contribution in [0, 0.1) is 6.92 Å². The summed E-state index contributed by atoms with van der Waals surface area (Å²) in [6.07, 6.45) is 3.54. The van der Waals surface area contributed by atoms with E-state index in [0.717, 1.165) is 35.9 Å². The molecule has 3 aromatic heterocycles. The average Bonchev–Trinajstić information content (AvgIpc) is 2.91. The van der Waals surface area contributed by atoms with Gasteiger partial charge in [0.15, 0.2) is 0 Å². The predicted molar refractivity (Wildman–Crippen MR) is 137 cm³/mol. The van der Waals surface area contributed by atoms with Gasteiger partial charge in [-0.1, -0.05) is 42.5 Å². The van der Waals surface area contributed by atoms with Gasteiger partial charge in [-0.3, -0.25) is 14.7 Å². The van der Waals surface area contributed by atoms with Crippen LogP contribution < -0.4 is 10.5 Å². The highest BCUT2D eigenvalue weighted by Gasteiger charge is 2.32. The van der Waals surface area contributed by atoms with Crippen LogP contribution in [0.1, 0.15) is 28.6 Å². The second-order valence-corrected chi connectivity index (χ2v) is 8.83. The zero-order valence-electron chi connectivity index (χ0n) is 19.8. The van der Waals surface area contributed by atoms with Crippen molar-refractivity contribution in [2.45, 2.75) is 19.5 Å². The molecule has 0 spiro atoms. The van der Waals surface area contributed by atoms with Gasteiger partial charge in [-0.15, -0.1) is 0 Å². The first-order valence-electron chi connectivity index (χ1n) is 11.9. The Bertz CT molecular complexity index is 1320. The highest BCUT2D eigenvalue weighted by Crippen LogP contribution is 2.32. The van der Waals surface area contributed by atoms with Crippen molar-refractivity contribution in [1.29, 1.82) is 0 Å². The molecule has 1 N–H and O–H groups in total. The third-order valence-electron chi connectivity index (χ3n) is 6.60. The Morgan fingerprint density at radius 3 is 2.23 bits per heavy atom. The van der Waals surface area contributed by atoms with E-state index in [0.29, 0.717) is 25.2 Å².